The lowest BCUT2D eigenvalue weighted by molar-refractivity contribution is 0.177. The Bertz CT molecular complexity index is 1110. The monoisotopic (exact) mass is 417 g/mol. The lowest BCUT2D eigenvalue weighted by Gasteiger charge is -2.31. The zero-order chi connectivity index (χ0) is 21.0. The van der Waals surface area contributed by atoms with Crippen molar-refractivity contribution in [2.75, 3.05) is 26.7 Å². The van der Waals surface area contributed by atoms with Crippen molar-refractivity contribution in [1.82, 2.24) is 25.4 Å². The summed E-state index contributed by atoms with van der Waals surface area (Å²) in [6.45, 7) is 4.32. The topological polar surface area (TPSA) is 79.2 Å². The number of likely N-dealkylation sites (tertiary alicyclic amines) is 1. The molecule has 4 heterocycles. The number of nitrogens with one attached hydrogen (secondary N) is 2. The molecule has 1 fully saturated rings. The summed E-state index contributed by atoms with van der Waals surface area (Å²) in [4.78, 5) is 6.92. The number of nitrogens with zero attached hydrogens (tertiary/aromatic N) is 3. The molecule has 0 bridgehead atoms. The van der Waals surface area contributed by atoms with Crippen molar-refractivity contribution in [3.05, 3.63) is 60.6 Å². The second-order valence-corrected chi connectivity index (χ2v) is 8.15. The standard InChI is InChI=1S/C24H27N5O2/c1-25-13-17-7-10-29(11-8-17)15-19-16-30-23-12-20(3-4-21(19)23)31-24-5-2-18(14-26-24)22-6-9-27-28-22/h2-6,9,12,14,16-17,25H,7-8,10-11,13,15H2,1H3,(H,27,28). The number of fused-ring (bicyclic) bond motifs is 1. The summed E-state index contributed by atoms with van der Waals surface area (Å²) < 4.78 is 11.8. The molecule has 7 nitrogen and oxygen atoms in total. The third-order valence-corrected chi connectivity index (χ3v) is 5.99. The van der Waals surface area contributed by atoms with Gasteiger partial charge in [0.25, 0.3) is 0 Å². The smallest absolute Gasteiger partial charge is 0.219 e. The first-order chi connectivity index (χ1) is 15.3. The summed E-state index contributed by atoms with van der Waals surface area (Å²) in [5, 5.41) is 11.3. The molecule has 31 heavy (non-hydrogen) atoms. The van der Waals surface area contributed by atoms with E-state index in [1.165, 1.54) is 18.4 Å². The van der Waals surface area contributed by atoms with E-state index in [1.807, 2.05) is 43.6 Å². The molecule has 7 heteroatoms. The van der Waals surface area contributed by atoms with Gasteiger partial charge in [-0.25, -0.2) is 4.98 Å². The Morgan fingerprint density at radius 2 is 2.10 bits per heavy atom. The number of pyridine rings is 1. The minimum atomic E-state index is 0.541. The number of benzene rings is 1. The number of hydrogen-bond acceptors (Lipinski definition) is 6. The van der Waals surface area contributed by atoms with Crippen LogP contribution < -0.4 is 10.1 Å². The van der Waals surface area contributed by atoms with E-state index >= 15 is 0 Å². The molecule has 5 rings (SSSR count). The molecule has 1 aliphatic heterocycles. The Morgan fingerprint density at radius 1 is 1.19 bits per heavy atom. The van der Waals surface area contributed by atoms with Gasteiger partial charge in [0, 0.05) is 47.6 Å². The van der Waals surface area contributed by atoms with Crippen LogP contribution in [-0.2, 0) is 6.54 Å². The van der Waals surface area contributed by atoms with Gasteiger partial charge in [-0.15, -0.1) is 0 Å². The van der Waals surface area contributed by atoms with Crippen LogP contribution in [0.1, 0.15) is 18.4 Å². The molecule has 0 unspecified atom stereocenters. The van der Waals surface area contributed by atoms with E-state index in [-0.39, 0.29) is 0 Å². The molecule has 3 aromatic heterocycles. The van der Waals surface area contributed by atoms with Gasteiger partial charge < -0.3 is 14.5 Å². The summed E-state index contributed by atoms with van der Waals surface area (Å²) in [5.41, 5.74) is 3.96. The van der Waals surface area contributed by atoms with Gasteiger partial charge in [-0.2, -0.15) is 5.10 Å². The lowest BCUT2D eigenvalue weighted by atomic mass is 9.96. The van der Waals surface area contributed by atoms with Crippen LogP contribution in [0, 0.1) is 5.92 Å². The van der Waals surface area contributed by atoms with E-state index in [2.05, 4.69) is 31.5 Å². The summed E-state index contributed by atoms with van der Waals surface area (Å²) in [6, 6.07) is 11.7. The Morgan fingerprint density at radius 3 is 2.84 bits per heavy atom. The van der Waals surface area contributed by atoms with E-state index < -0.39 is 0 Å². The van der Waals surface area contributed by atoms with Crippen molar-refractivity contribution in [3.8, 4) is 22.9 Å². The Kier molecular flexibility index (Phi) is 5.69. The molecular weight excluding hydrogens is 390 g/mol. The SMILES string of the molecule is CNCC1CCN(Cc2coc3cc(Oc4ccc(-c5ccn[nH]5)cn4)ccc23)CC1. The van der Waals surface area contributed by atoms with Gasteiger partial charge in [-0.3, -0.25) is 10.00 Å². The van der Waals surface area contributed by atoms with Gasteiger partial charge >= 0.3 is 0 Å². The second kappa shape index (κ2) is 8.91. The average Bonchev–Trinajstić information content (AvgIpc) is 3.46. The van der Waals surface area contributed by atoms with E-state index in [0.29, 0.717) is 11.6 Å². The number of hydrogen-bond donors (Lipinski definition) is 2. The summed E-state index contributed by atoms with van der Waals surface area (Å²) in [5.74, 6) is 2.05. The first-order valence-corrected chi connectivity index (χ1v) is 10.8. The van der Waals surface area contributed by atoms with Crippen LogP contribution in [-0.4, -0.2) is 46.8 Å². The molecule has 0 spiro atoms. The van der Waals surface area contributed by atoms with Crippen LogP contribution in [0.25, 0.3) is 22.2 Å². The molecule has 1 aromatic carbocycles. The summed E-state index contributed by atoms with van der Waals surface area (Å²) in [6.07, 6.45) is 7.87. The molecule has 0 radical (unpaired) electrons. The first kappa shape index (κ1) is 19.8. The number of furan rings is 1. The van der Waals surface area contributed by atoms with Crippen molar-refractivity contribution >= 4 is 11.0 Å². The van der Waals surface area contributed by atoms with Crippen molar-refractivity contribution in [2.24, 2.45) is 5.92 Å². The van der Waals surface area contributed by atoms with Crippen molar-refractivity contribution in [1.29, 1.82) is 0 Å². The van der Waals surface area contributed by atoms with Crippen LogP contribution in [0.4, 0.5) is 0 Å². The molecule has 0 saturated carbocycles. The highest BCUT2D eigenvalue weighted by molar-refractivity contribution is 5.82. The predicted octanol–water partition coefficient (Wildman–Crippen LogP) is 4.44. The van der Waals surface area contributed by atoms with Crippen LogP contribution >= 0.6 is 0 Å². The van der Waals surface area contributed by atoms with Crippen LogP contribution in [0.5, 0.6) is 11.6 Å². The third kappa shape index (κ3) is 4.47. The fourth-order valence-corrected chi connectivity index (χ4v) is 4.27. The van der Waals surface area contributed by atoms with Crippen molar-refractivity contribution in [2.45, 2.75) is 19.4 Å². The maximum absolute atomic E-state index is 5.94. The maximum Gasteiger partial charge on any atom is 0.219 e. The zero-order valence-electron chi connectivity index (χ0n) is 17.7. The van der Waals surface area contributed by atoms with E-state index in [0.717, 1.165) is 54.3 Å². The lowest BCUT2D eigenvalue weighted by Crippen LogP contribution is -2.36. The predicted molar refractivity (Wildman–Crippen MR) is 120 cm³/mol. The van der Waals surface area contributed by atoms with Crippen LogP contribution in [0.2, 0.25) is 0 Å². The molecule has 0 aliphatic carbocycles. The van der Waals surface area contributed by atoms with Gasteiger partial charge in [0.05, 0.1) is 12.0 Å². The number of piperidine rings is 1. The summed E-state index contributed by atoms with van der Waals surface area (Å²) in [7, 11) is 2.04. The molecule has 160 valence electrons. The van der Waals surface area contributed by atoms with Gasteiger partial charge in [0.2, 0.25) is 5.88 Å². The minimum absolute atomic E-state index is 0.541. The number of ether oxygens (including phenoxy) is 1. The molecule has 2 N–H and O–H groups in total. The Labute approximate surface area is 181 Å². The highest BCUT2D eigenvalue weighted by atomic mass is 16.5. The third-order valence-electron chi connectivity index (χ3n) is 5.99. The fraction of sp³-hybridized carbons (Fsp3) is 0.333. The average molecular weight is 418 g/mol. The van der Waals surface area contributed by atoms with E-state index in [1.54, 1.807) is 12.4 Å². The fourth-order valence-electron chi connectivity index (χ4n) is 4.27. The van der Waals surface area contributed by atoms with Crippen molar-refractivity contribution in [3.63, 3.8) is 0 Å². The van der Waals surface area contributed by atoms with Crippen molar-refractivity contribution < 1.29 is 9.15 Å². The Balaban J connectivity index is 1.24. The van der Waals surface area contributed by atoms with Gasteiger partial charge in [-0.1, -0.05) is 0 Å². The highest BCUT2D eigenvalue weighted by Crippen LogP contribution is 2.30. The number of rotatable bonds is 7. The number of aromatic nitrogens is 3. The first-order valence-electron chi connectivity index (χ1n) is 10.8. The second-order valence-electron chi connectivity index (χ2n) is 8.15. The van der Waals surface area contributed by atoms with Crippen LogP contribution in [0.15, 0.2) is 59.5 Å². The van der Waals surface area contributed by atoms with Gasteiger partial charge in [-0.05, 0) is 69.7 Å². The molecule has 1 saturated heterocycles. The normalized spacial score (nSPS) is 15.5. The van der Waals surface area contributed by atoms with E-state index in [9.17, 15) is 0 Å². The molecule has 0 amide bonds. The van der Waals surface area contributed by atoms with Crippen LogP contribution in [0.3, 0.4) is 0 Å². The minimum Gasteiger partial charge on any atom is -0.464 e. The molecular formula is C24H27N5O2. The number of H-pyrrole nitrogens is 1. The summed E-state index contributed by atoms with van der Waals surface area (Å²) >= 11 is 0. The van der Waals surface area contributed by atoms with Gasteiger partial charge in [0.1, 0.15) is 11.3 Å². The molecule has 0 atom stereocenters. The molecule has 4 aromatic rings. The van der Waals surface area contributed by atoms with Gasteiger partial charge in [0.15, 0.2) is 0 Å². The maximum atomic E-state index is 5.94. The zero-order valence-corrected chi connectivity index (χ0v) is 17.7. The largest absolute Gasteiger partial charge is 0.464 e. The highest BCUT2D eigenvalue weighted by Gasteiger charge is 2.20. The molecule has 1 aliphatic rings. The quantitative estimate of drug-likeness (QED) is 0.463. The van der Waals surface area contributed by atoms with E-state index in [4.69, 9.17) is 9.15 Å². The number of aromatic amines is 1. The Hall–Kier alpha value is -3.16.